The summed E-state index contributed by atoms with van der Waals surface area (Å²) in [6, 6.07) is 2.60. The summed E-state index contributed by atoms with van der Waals surface area (Å²) in [6.45, 7) is 5.07. The van der Waals surface area contributed by atoms with Gasteiger partial charge in [-0.1, -0.05) is 0 Å². The number of rotatable bonds is 2. The predicted octanol–water partition coefficient (Wildman–Crippen LogP) is 3.34. The Morgan fingerprint density at radius 3 is 2.76 bits per heavy atom. The van der Waals surface area contributed by atoms with Gasteiger partial charge in [-0.3, -0.25) is 4.98 Å². The number of nitrogens with two attached hydrogens (primary N) is 1. The van der Waals surface area contributed by atoms with E-state index in [1.165, 1.54) is 19.3 Å². The fourth-order valence-electron chi connectivity index (χ4n) is 4.31. The zero-order chi connectivity index (χ0) is 17.1. The first-order valence-electron chi connectivity index (χ1n) is 8.73. The number of thiazole rings is 1. The van der Waals surface area contributed by atoms with Crippen LogP contribution in [-0.2, 0) is 0 Å². The Labute approximate surface area is 150 Å². The second kappa shape index (κ2) is 5.36. The molecule has 0 amide bonds. The maximum atomic E-state index is 6.00. The quantitative estimate of drug-likeness (QED) is 0.762. The Hall–Kier alpha value is -2.28. The van der Waals surface area contributed by atoms with Gasteiger partial charge in [-0.25, -0.2) is 9.97 Å². The summed E-state index contributed by atoms with van der Waals surface area (Å²) in [7, 11) is 0. The highest BCUT2D eigenvalue weighted by Gasteiger charge is 2.40. The summed E-state index contributed by atoms with van der Waals surface area (Å²) < 4.78 is 1.15. The van der Waals surface area contributed by atoms with E-state index in [1.807, 2.05) is 26.1 Å². The average Bonchev–Trinajstić information content (AvgIpc) is 3.29. The third-order valence-corrected chi connectivity index (χ3v) is 6.51. The summed E-state index contributed by atoms with van der Waals surface area (Å²) in [6.07, 6.45) is 5.69. The van der Waals surface area contributed by atoms with Gasteiger partial charge in [0.2, 0.25) is 5.95 Å². The van der Waals surface area contributed by atoms with Crippen molar-refractivity contribution >= 4 is 33.3 Å². The van der Waals surface area contributed by atoms with E-state index >= 15 is 0 Å². The normalized spacial score (nSPS) is 22.2. The molecule has 3 aromatic rings. The molecular weight excluding hydrogens is 332 g/mol. The van der Waals surface area contributed by atoms with Crippen molar-refractivity contribution < 1.29 is 0 Å². The molecule has 6 nitrogen and oxygen atoms in total. The number of aromatic nitrogens is 4. The van der Waals surface area contributed by atoms with E-state index in [4.69, 9.17) is 10.7 Å². The maximum absolute atomic E-state index is 6.00. The van der Waals surface area contributed by atoms with E-state index in [9.17, 15) is 0 Å². The topological polar surface area (TPSA) is 80.8 Å². The molecule has 0 radical (unpaired) electrons. The van der Waals surface area contributed by atoms with Crippen molar-refractivity contribution in [2.75, 3.05) is 17.2 Å². The molecule has 0 unspecified atom stereocenters. The number of aryl methyl sites for hydroxylation is 2. The summed E-state index contributed by atoms with van der Waals surface area (Å²) in [5, 5.41) is 0.960. The standard InChI is InChI=1S/C18H20N6S/c1-9-14(17-22-15-10(2)20-6-5-13(15)25-17)16(23-18(19)21-9)24-8-11-3-4-12(24)7-11/h5-6,11-12H,3-4,7-8H2,1-2H3,(H2,19,21,23)/t11-,12+/m1/s1. The monoisotopic (exact) mass is 352 g/mol. The van der Waals surface area contributed by atoms with E-state index in [0.29, 0.717) is 12.0 Å². The van der Waals surface area contributed by atoms with Gasteiger partial charge in [-0.15, -0.1) is 11.3 Å². The second-order valence-electron chi connectivity index (χ2n) is 7.11. The minimum atomic E-state index is 0.345. The number of piperidine rings is 1. The van der Waals surface area contributed by atoms with Crippen LogP contribution in [0.15, 0.2) is 12.3 Å². The molecule has 7 heteroatoms. The Balaban J connectivity index is 1.70. The molecule has 128 valence electrons. The van der Waals surface area contributed by atoms with E-state index in [1.54, 1.807) is 11.3 Å². The molecular formula is C18H20N6S. The molecule has 0 spiro atoms. The Kier molecular flexibility index (Phi) is 3.22. The van der Waals surface area contributed by atoms with E-state index < -0.39 is 0 Å². The molecule has 1 aliphatic heterocycles. The van der Waals surface area contributed by atoms with Crippen LogP contribution >= 0.6 is 11.3 Å². The lowest BCUT2D eigenvalue weighted by Gasteiger charge is -2.29. The fraction of sp³-hybridized carbons (Fsp3) is 0.444. The van der Waals surface area contributed by atoms with Crippen LogP contribution in [0.3, 0.4) is 0 Å². The van der Waals surface area contributed by atoms with E-state index in [-0.39, 0.29) is 0 Å². The SMILES string of the molecule is Cc1nc(N)nc(N2C[C@@H]3CC[C@H]2C3)c1-c1nc2c(C)nccc2s1. The van der Waals surface area contributed by atoms with Gasteiger partial charge in [0.1, 0.15) is 16.3 Å². The third kappa shape index (κ3) is 2.29. The van der Waals surface area contributed by atoms with Gasteiger partial charge < -0.3 is 10.6 Å². The van der Waals surface area contributed by atoms with Crippen LogP contribution in [0.25, 0.3) is 20.8 Å². The molecule has 2 aliphatic rings. The van der Waals surface area contributed by atoms with Crippen molar-refractivity contribution in [3.63, 3.8) is 0 Å². The Morgan fingerprint density at radius 1 is 1.16 bits per heavy atom. The van der Waals surface area contributed by atoms with Crippen molar-refractivity contribution in [1.29, 1.82) is 0 Å². The van der Waals surface area contributed by atoms with Crippen molar-refractivity contribution in [2.24, 2.45) is 5.92 Å². The zero-order valence-corrected chi connectivity index (χ0v) is 15.2. The second-order valence-corrected chi connectivity index (χ2v) is 8.14. The number of hydrogen-bond donors (Lipinski definition) is 1. The van der Waals surface area contributed by atoms with Gasteiger partial charge in [0, 0.05) is 18.8 Å². The van der Waals surface area contributed by atoms with E-state index in [2.05, 4.69) is 19.9 Å². The molecule has 2 fully saturated rings. The van der Waals surface area contributed by atoms with Crippen LogP contribution in [-0.4, -0.2) is 32.5 Å². The van der Waals surface area contributed by atoms with Crippen LogP contribution in [0.2, 0.25) is 0 Å². The zero-order valence-electron chi connectivity index (χ0n) is 14.4. The smallest absolute Gasteiger partial charge is 0.222 e. The highest BCUT2D eigenvalue weighted by Crippen LogP contribution is 2.44. The molecule has 5 rings (SSSR count). The van der Waals surface area contributed by atoms with Gasteiger partial charge in [0.25, 0.3) is 0 Å². The first-order chi connectivity index (χ1) is 12.1. The molecule has 1 aliphatic carbocycles. The van der Waals surface area contributed by atoms with Gasteiger partial charge >= 0.3 is 0 Å². The lowest BCUT2D eigenvalue weighted by Crippen LogP contribution is -2.33. The minimum Gasteiger partial charge on any atom is -0.368 e. The molecule has 1 saturated heterocycles. The van der Waals surface area contributed by atoms with Crippen LogP contribution in [0.5, 0.6) is 0 Å². The summed E-state index contributed by atoms with van der Waals surface area (Å²) in [4.78, 5) is 20.8. The predicted molar refractivity (Wildman–Crippen MR) is 101 cm³/mol. The lowest BCUT2D eigenvalue weighted by atomic mass is 10.1. The molecule has 2 bridgehead atoms. The molecule has 0 aromatic carbocycles. The summed E-state index contributed by atoms with van der Waals surface area (Å²) in [5.41, 5.74) is 9.84. The lowest BCUT2D eigenvalue weighted by molar-refractivity contribution is 0.550. The Morgan fingerprint density at radius 2 is 2.04 bits per heavy atom. The summed E-state index contributed by atoms with van der Waals surface area (Å²) in [5.74, 6) is 2.09. The summed E-state index contributed by atoms with van der Waals surface area (Å²) >= 11 is 1.68. The van der Waals surface area contributed by atoms with Gasteiger partial charge in [0.15, 0.2) is 0 Å². The first-order valence-corrected chi connectivity index (χ1v) is 9.55. The number of hydrogen-bond acceptors (Lipinski definition) is 7. The minimum absolute atomic E-state index is 0.345. The van der Waals surface area contributed by atoms with Crippen molar-refractivity contribution in [1.82, 2.24) is 19.9 Å². The molecule has 2 N–H and O–H groups in total. The van der Waals surface area contributed by atoms with Gasteiger partial charge in [-0.05, 0) is 45.1 Å². The van der Waals surface area contributed by atoms with Crippen LogP contribution in [0.1, 0.15) is 30.7 Å². The number of nitrogen functional groups attached to an aromatic ring is 1. The van der Waals surface area contributed by atoms with Crippen LogP contribution in [0.4, 0.5) is 11.8 Å². The van der Waals surface area contributed by atoms with Crippen LogP contribution in [0, 0.1) is 19.8 Å². The Bertz CT molecular complexity index is 981. The van der Waals surface area contributed by atoms with Gasteiger partial charge in [-0.2, -0.15) is 4.98 Å². The van der Waals surface area contributed by atoms with Gasteiger partial charge in [0.05, 0.1) is 21.7 Å². The number of pyridine rings is 1. The molecule has 25 heavy (non-hydrogen) atoms. The van der Waals surface area contributed by atoms with Crippen molar-refractivity contribution in [3.8, 4) is 10.6 Å². The molecule has 4 heterocycles. The largest absolute Gasteiger partial charge is 0.368 e. The number of anilines is 2. The highest BCUT2D eigenvalue weighted by molar-refractivity contribution is 7.21. The number of fused-ring (bicyclic) bond motifs is 3. The fourth-order valence-corrected chi connectivity index (χ4v) is 5.42. The number of nitrogens with zero attached hydrogens (tertiary/aromatic N) is 5. The highest BCUT2D eigenvalue weighted by atomic mass is 32.1. The molecule has 3 aromatic heterocycles. The first kappa shape index (κ1) is 15.0. The van der Waals surface area contributed by atoms with Crippen molar-refractivity contribution in [2.45, 2.75) is 39.2 Å². The molecule has 1 saturated carbocycles. The maximum Gasteiger partial charge on any atom is 0.222 e. The average molecular weight is 352 g/mol. The van der Waals surface area contributed by atoms with E-state index in [0.717, 1.165) is 50.5 Å². The van der Waals surface area contributed by atoms with Crippen molar-refractivity contribution in [3.05, 3.63) is 23.7 Å². The third-order valence-electron chi connectivity index (χ3n) is 5.47. The molecule has 2 atom stereocenters. The van der Waals surface area contributed by atoms with Crippen LogP contribution < -0.4 is 10.6 Å².